The summed E-state index contributed by atoms with van der Waals surface area (Å²) in [4.78, 5) is 35.2. The number of aromatic carboxylic acids is 1. The van der Waals surface area contributed by atoms with Crippen LogP contribution in [0.4, 0.5) is 0 Å². The van der Waals surface area contributed by atoms with Crippen molar-refractivity contribution < 1.29 is 14.7 Å². The summed E-state index contributed by atoms with van der Waals surface area (Å²) in [6, 6.07) is 6.16. The first-order chi connectivity index (χ1) is 10.8. The Balaban J connectivity index is 2.17. The molecule has 23 heavy (non-hydrogen) atoms. The molecule has 2 rings (SSSR count). The third kappa shape index (κ3) is 3.45. The number of nitrogens with one attached hydrogen (secondary N) is 1. The summed E-state index contributed by atoms with van der Waals surface area (Å²) in [5.74, 6) is -1.48. The Labute approximate surface area is 132 Å². The third-order valence-electron chi connectivity index (χ3n) is 3.61. The molecule has 0 saturated carbocycles. The Morgan fingerprint density at radius 1 is 1.22 bits per heavy atom. The number of hydrogen-bond acceptors (Lipinski definition) is 4. The standard InChI is InChI=1S/C16H17N3O4/c1-9-10(2)18-19(3)15(21)13(9)14(20)17-8-11-4-6-12(7-5-11)16(22)23/h4-7H,8H2,1-3H3,(H,17,20)(H,22,23). The molecule has 2 N–H and O–H groups in total. The van der Waals surface area contributed by atoms with Gasteiger partial charge in [0.1, 0.15) is 5.56 Å². The van der Waals surface area contributed by atoms with E-state index in [0.717, 1.165) is 10.2 Å². The number of carboxylic acid groups (broad SMARTS) is 1. The molecule has 0 aliphatic heterocycles. The van der Waals surface area contributed by atoms with E-state index in [9.17, 15) is 14.4 Å². The van der Waals surface area contributed by atoms with Gasteiger partial charge in [-0.15, -0.1) is 0 Å². The fraction of sp³-hybridized carbons (Fsp3) is 0.250. The highest BCUT2D eigenvalue weighted by molar-refractivity contribution is 5.95. The number of aryl methyl sites for hydroxylation is 2. The molecule has 0 spiro atoms. The third-order valence-corrected chi connectivity index (χ3v) is 3.61. The van der Waals surface area contributed by atoms with Gasteiger partial charge in [-0.3, -0.25) is 9.59 Å². The van der Waals surface area contributed by atoms with Crippen molar-refractivity contribution in [2.45, 2.75) is 20.4 Å². The number of rotatable bonds is 4. The molecule has 0 unspecified atom stereocenters. The molecule has 1 heterocycles. The predicted molar refractivity (Wildman–Crippen MR) is 83.5 cm³/mol. The fourth-order valence-electron chi connectivity index (χ4n) is 2.15. The Morgan fingerprint density at radius 3 is 2.39 bits per heavy atom. The number of hydrogen-bond donors (Lipinski definition) is 2. The second-order valence-corrected chi connectivity index (χ2v) is 5.20. The lowest BCUT2D eigenvalue weighted by molar-refractivity contribution is 0.0696. The molecule has 7 heteroatoms. The minimum atomic E-state index is -1.01. The van der Waals surface area contributed by atoms with E-state index in [-0.39, 0.29) is 17.7 Å². The number of carbonyl (C=O) groups excluding carboxylic acids is 1. The van der Waals surface area contributed by atoms with E-state index < -0.39 is 17.4 Å². The first-order valence-corrected chi connectivity index (χ1v) is 6.96. The summed E-state index contributed by atoms with van der Waals surface area (Å²) in [5, 5.41) is 15.5. The van der Waals surface area contributed by atoms with Gasteiger partial charge in [0, 0.05) is 13.6 Å². The van der Waals surface area contributed by atoms with Crippen molar-refractivity contribution in [1.29, 1.82) is 0 Å². The molecule has 1 aromatic heterocycles. The average molecular weight is 315 g/mol. The molecule has 2 aromatic rings. The largest absolute Gasteiger partial charge is 0.478 e. The zero-order valence-electron chi connectivity index (χ0n) is 13.1. The molecule has 120 valence electrons. The highest BCUT2D eigenvalue weighted by Crippen LogP contribution is 2.07. The maximum atomic E-state index is 12.3. The van der Waals surface area contributed by atoms with E-state index in [1.54, 1.807) is 26.0 Å². The summed E-state index contributed by atoms with van der Waals surface area (Å²) in [6.45, 7) is 3.61. The summed E-state index contributed by atoms with van der Waals surface area (Å²) in [5.41, 5.74) is 1.70. The zero-order chi connectivity index (χ0) is 17.1. The molecule has 1 aromatic carbocycles. The van der Waals surface area contributed by atoms with E-state index in [0.29, 0.717) is 11.3 Å². The minimum absolute atomic E-state index is 0.0714. The zero-order valence-corrected chi connectivity index (χ0v) is 13.1. The molecular formula is C16H17N3O4. The maximum Gasteiger partial charge on any atom is 0.335 e. The van der Waals surface area contributed by atoms with Gasteiger partial charge in [-0.1, -0.05) is 12.1 Å². The second-order valence-electron chi connectivity index (χ2n) is 5.20. The first kappa shape index (κ1) is 16.4. The van der Waals surface area contributed by atoms with Crippen molar-refractivity contribution in [3.05, 3.63) is 62.6 Å². The fourth-order valence-corrected chi connectivity index (χ4v) is 2.15. The Hall–Kier alpha value is -2.96. The lowest BCUT2D eigenvalue weighted by Gasteiger charge is -2.10. The molecule has 1 amide bonds. The number of nitrogens with zero attached hydrogens (tertiary/aromatic N) is 2. The molecule has 0 saturated heterocycles. The molecule has 0 fully saturated rings. The van der Waals surface area contributed by atoms with Crippen LogP contribution in [0.25, 0.3) is 0 Å². The van der Waals surface area contributed by atoms with Gasteiger partial charge in [0.05, 0.1) is 11.3 Å². The van der Waals surface area contributed by atoms with Gasteiger partial charge in [0.15, 0.2) is 0 Å². The summed E-state index contributed by atoms with van der Waals surface area (Å²) < 4.78 is 1.14. The molecule has 0 atom stereocenters. The van der Waals surface area contributed by atoms with Gasteiger partial charge in [0.25, 0.3) is 11.5 Å². The average Bonchev–Trinajstić information content (AvgIpc) is 2.51. The van der Waals surface area contributed by atoms with Gasteiger partial charge < -0.3 is 10.4 Å². The van der Waals surface area contributed by atoms with Crippen LogP contribution in [0.3, 0.4) is 0 Å². The van der Waals surface area contributed by atoms with Gasteiger partial charge in [-0.05, 0) is 37.1 Å². The topological polar surface area (TPSA) is 101 Å². The van der Waals surface area contributed by atoms with Crippen LogP contribution in [0.5, 0.6) is 0 Å². The first-order valence-electron chi connectivity index (χ1n) is 6.96. The molecular weight excluding hydrogens is 298 g/mol. The minimum Gasteiger partial charge on any atom is -0.478 e. The molecule has 0 aliphatic rings. The van der Waals surface area contributed by atoms with Crippen LogP contribution in [0.1, 0.15) is 37.5 Å². The summed E-state index contributed by atoms with van der Waals surface area (Å²) >= 11 is 0. The molecule has 0 aliphatic carbocycles. The van der Waals surface area contributed by atoms with Crippen LogP contribution in [0.2, 0.25) is 0 Å². The number of carbonyl (C=O) groups is 2. The van der Waals surface area contributed by atoms with Gasteiger partial charge in [-0.2, -0.15) is 5.10 Å². The Kier molecular flexibility index (Phi) is 4.59. The van der Waals surface area contributed by atoms with Crippen molar-refractivity contribution in [2.75, 3.05) is 0 Å². The lowest BCUT2D eigenvalue weighted by atomic mass is 10.1. The van der Waals surface area contributed by atoms with Crippen LogP contribution in [-0.2, 0) is 13.6 Å². The van der Waals surface area contributed by atoms with Crippen LogP contribution >= 0.6 is 0 Å². The lowest BCUT2D eigenvalue weighted by Crippen LogP contribution is -2.34. The Bertz CT molecular complexity index is 822. The van der Waals surface area contributed by atoms with Crippen molar-refractivity contribution in [3.8, 4) is 0 Å². The normalized spacial score (nSPS) is 10.4. The van der Waals surface area contributed by atoms with Crippen LogP contribution in [0, 0.1) is 13.8 Å². The smallest absolute Gasteiger partial charge is 0.335 e. The van der Waals surface area contributed by atoms with Crippen molar-refractivity contribution in [1.82, 2.24) is 15.1 Å². The highest BCUT2D eigenvalue weighted by Gasteiger charge is 2.17. The number of carboxylic acids is 1. The monoisotopic (exact) mass is 315 g/mol. The van der Waals surface area contributed by atoms with E-state index >= 15 is 0 Å². The van der Waals surface area contributed by atoms with E-state index in [4.69, 9.17) is 5.11 Å². The van der Waals surface area contributed by atoms with Gasteiger partial charge in [-0.25, -0.2) is 9.48 Å². The van der Waals surface area contributed by atoms with Crippen molar-refractivity contribution in [2.24, 2.45) is 7.05 Å². The summed E-state index contributed by atoms with van der Waals surface area (Å²) in [6.07, 6.45) is 0. The van der Waals surface area contributed by atoms with Crippen LogP contribution in [-0.4, -0.2) is 26.8 Å². The predicted octanol–water partition coefficient (Wildman–Crippen LogP) is 1.03. The number of benzene rings is 1. The van der Waals surface area contributed by atoms with Crippen LogP contribution < -0.4 is 10.9 Å². The van der Waals surface area contributed by atoms with E-state index in [2.05, 4.69) is 10.4 Å². The SMILES string of the molecule is Cc1nn(C)c(=O)c(C(=O)NCc2ccc(C(=O)O)cc2)c1C. The van der Waals surface area contributed by atoms with Gasteiger partial charge >= 0.3 is 5.97 Å². The number of amides is 1. The molecule has 0 bridgehead atoms. The molecule has 0 radical (unpaired) electrons. The van der Waals surface area contributed by atoms with E-state index in [1.165, 1.54) is 19.2 Å². The number of aromatic nitrogens is 2. The highest BCUT2D eigenvalue weighted by atomic mass is 16.4. The Morgan fingerprint density at radius 2 is 1.83 bits per heavy atom. The quantitative estimate of drug-likeness (QED) is 0.877. The van der Waals surface area contributed by atoms with Gasteiger partial charge in [0.2, 0.25) is 0 Å². The second kappa shape index (κ2) is 6.43. The van der Waals surface area contributed by atoms with Crippen molar-refractivity contribution >= 4 is 11.9 Å². The van der Waals surface area contributed by atoms with Crippen LogP contribution in [0.15, 0.2) is 29.1 Å². The van der Waals surface area contributed by atoms with Crippen molar-refractivity contribution in [3.63, 3.8) is 0 Å². The maximum absolute atomic E-state index is 12.3. The van der Waals surface area contributed by atoms with E-state index in [1.807, 2.05) is 0 Å². The summed E-state index contributed by atoms with van der Waals surface area (Å²) in [7, 11) is 1.50. The molecule has 7 nitrogen and oxygen atoms in total.